The van der Waals surface area contributed by atoms with Crippen LogP contribution in [-0.4, -0.2) is 30.8 Å². The third-order valence-corrected chi connectivity index (χ3v) is 3.33. The Morgan fingerprint density at radius 2 is 1.83 bits per heavy atom. The Morgan fingerprint density at radius 1 is 1.22 bits per heavy atom. The maximum absolute atomic E-state index is 9.07. The van der Waals surface area contributed by atoms with Gasteiger partial charge >= 0.3 is 0 Å². The van der Waals surface area contributed by atoms with Gasteiger partial charge in [0.05, 0.1) is 6.61 Å². The molecule has 0 heterocycles. The average molecular weight is 250 g/mol. The van der Waals surface area contributed by atoms with Crippen molar-refractivity contribution in [2.75, 3.05) is 25.1 Å². The lowest BCUT2D eigenvalue weighted by atomic mass is 9.97. The third-order valence-electron chi connectivity index (χ3n) is 3.33. The summed E-state index contributed by atoms with van der Waals surface area (Å²) in [4.78, 5) is 2.26. The van der Waals surface area contributed by atoms with E-state index >= 15 is 0 Å². The normalized spacial score (nSPS) is 14.3. The summed E-state index contributed by atoms with van der Waals surface area (Å²) in [6, 6.07) is 8.56. The van der Waals surface area contributed by atoms with Crippen LogP contribution in [0.5, 0.6) is 0 Å². The van der Waals surface area contributed by atoms with Crippen LogP contribution >= 0.6 is 0 Å². The Balaban J connectivity index is 2.29. The van der Waals surface area contributed by atoms with E-state index in [1.54, 1.807) is 0 Å². The van der Waals surface area contributed by atoms with Gasteiger partial charge < -0.3 is 15.7 Å². The molecule has 1 atom stereocenters. The van der Waals surface area contributed by atoms with Crippen molar-refractivity contribution in [3.63, 3.8) is 0 Å². The van der Waals surface area contributed by atoms with Crippen LogP contribution in [0.25, 0.3) is 0 Å². The van der Waals surface area contributed by atoms with Crippen LogP contribution in [0.2, 0.25) is 0 Å². The van der Waals surface area contributed by atoms with Crippen molar-refractivity contribution in [3.05, 3.63) is 29.8 Å². The molecule has 0 aliphatic heterocycles. The minimum Gasteiger partial charge on any atom is -0.394 e. The fourth-order valence-corrected chi connectivity index (χ4v) is 1.89. The van der Waals surface area contributed by atoms with Crippen LogP contribution in [0, 0.1) is 6.92 Å². The second-order valence-electron chi connectivity index (χ2n) is 5.53. The van der Waals surface area contributed by atoms with Crippen LogP contribution in [0.3, 0.4) is 0 Å². The Bertz CT molecular complexity index is 346. The number of rotatable bonds is 7. The first kappa shape index (κ1) is 15.0. The van der Waals surface area contributed by atoms with Crippen molar-refractivity contribution in [1.82, 2.24) is 0 Å². The van der Waals surface area contributed by atoms with Crippen LogP contribution in [0.4, 0.5) is 5.69 Å². The molecule has 102 valence electrons. The maximum Gasteiger partial charge on any atom is 0.0608 e. The predicted octanol–water partition coefficient (Wildman–Crippen LogP) is 2.31. The average Bonchev–Trinajstić information content (AvgIpc) is 2.35. The Kier molecular flexibility index (Phi) is 5.63. The number of benzene rings is 1. The van der Waals surface area contributed by atoms with Gasteiger partial charge in [0.1, 0.15) is 0 Å². The van der Waals surface area contributed by atoms with E-state index in [0.717, 1.165) is 25.8 Å². The Hall–Kier alpha value is -1.06. The lowest BCUT2D eigenvalue weighted by Crippen LogP contribution is -2.40. The summed E-state index contributed by atoms with van der Waals surface area (Å²) in [7, 11) is 2.11. The standard InChI is InChI=1S/C15H26N2O/c1-13-6-8-14(9-7-13)17(3)11-5-4-10-15(2,16)12-18/h6-9,18H,4-5,10-12,16H2,1-3H3. The van der Waals surface area contributed by atoms with E-state index < -0.39 is 5.54 Å². The molecule has 0 saturated carbocycles. The molecule has 0 saturated heterocycles. The summed E-state index contributed by atoms with van der Waals surface area (Å²) >= 11 is 0. The number of hydrogen-bond acceptors (Lipinski definition) is 3. The number of aliphatic hydroxyl groups is 1. The molecule has 3 heteroatoms. The number of nitrogens with two attached hydrogens (primary N) is 1. The molecule has 0 aromatic heterocycles. The quantitative estimate of drug-likeness (QED) is 0.730. The summed E-state index contributed by atoms with van der Waals surface area (Å²) < 4.78 is 0. The summed E-state index contributed by atoms with van der Waals surface area (Å²) in [5.74, 6) is 0. The molecule has 0 bridgehead atoms. The third kappa shape index (κ3) is 5.07. The Labute approximate surface area is 111 Å². The lowest BCUT2D eigenvalue weighted by Gasteiger charge is -2.23. The first-order valence-corrected chi connectivity index (χ1v) is 6.62. The van der Waals surface area contributed by atoms with Gasteiger partial charge in [0.15, 0.2) is 0 Å². The van der Waals surface area contributed by atoms with E-state index in [0.29, 0.717) is 0 Å². The van der Waals surface area contributed by atoms with Gasteiger partial charge in [0.25, 0.3) is 0 Å². The fraction of sp³-hybridized carbons (Fsp3) is 0.600. The zero-order valence-corrected chi connectivity index (χ0v) is 11.8. The van der Waals surface area contributed by atoms with Crippen LogP contribution < -0.4 is 10.6 Å². The topological polar surface area (TPSA) is 49.5 Å². The second-order valence-corrected chi connectivity index (χ2v) is 5.53. The predicted molar refractivity (Wildman–Crippen MR) is 78.0 cm³/mol. The molecule has 1 aromatic carbocycles. The summed E-state index contributed by atoms with van der Waals surface area (Å²) in [5.41, 5.74) is 8.00. The first-order chi connectivity index (χ1) is 8.44. The highest BCUT2D eigenvalue weighted by Crippen LogP contribution is 2.15. The van der Waals surface area contributed by atoms with E-state index in [-0.39, 0.29) is 6.61 Å². The molecule has 3 nitrogen and oxygen atoms in total. The minimum atomic E-state index is -0.428. The van der Waals surface area contributed by atoms with Gasteiger partial charge in [-0.25, -0.2) is 0 Å². The molecular formula is C15H26N2O. The molecule has 1 aromatic rings. The number of unbranched alkanes of at least 4 members (excludes halogenated alkanes) is 1. The van der Waals surface area contributed by atoms with E-state index in [1.807, 2.05) is 6.92 Å². The molecule has 0 radical (unpaired) electrons. The van der Waals surface area contributed by atoms with E-state index in [4.69, 9.17) is 10.8 Å². The molecular weight excluding hydrogens is 224 g/mol. The van der Waals surface area contributed by atoms with E-state index in [9.17, 15) is 0 Å². The number of nitrogens with zero attached hydrogens (tertiary/aromatic N) is 1. The van der Waals surface area contributed by atoms with E-state index in [1.165, 1.54) is 11.3 Å². The number of aliphatic hydroxyl groups excluding tert-OH is 1. The van der Waals surface area contributed by atoms with Crippen LogP contribution in [0.15, 0.2) is 24.3 Å². The van der Waals surface area contributed by atoms with Crippen molar-refractivity contribution in [2.45, 2.75) is 38.6 Å². The zero-order valence-electron chi connectivity index (χ0n) is 11.8. The van der Waals surface area contributed by atoms with Crippen LogP contribution in [-0.2, 0) is 0 Å². The SMILES string of the molecule is Cc1ccc(N(C)CCCCC(C)(N)CO)cc1. The minimum absolute atomic E-state index is 0.0564. The van der Waals surface area contributed by atoms with Gasteiger partial charge in [-0.1, -0.05) is 17.7 Å². The van der Waals surface area contributed by atoms with Gasteiger partial charge in [-0.05, 0) is 45.2 Å². The van der Waals surface area contributed by atoms with Gasteiger partial charge in [0, 0.05) is 24.8 Å². The van der Waals surface area contributed by atoms with Gasteiger partial charge in [-0.3, -0.25) is 0 Å². The summed E-state index contributed by atoms with van der Waals surface area (Å²) in [5, 5.41) is 9.07. The van der Waals surface area contributed by atoms with Gasteiger partial charge in [-0.2, -0.15) is 0 Å². The molecule has 1 unspecified atom stereocenters. The van der Waals surface area contributed by atoms with E-state index in [2.05, 4.69) is 43.1 Å². The lowest BCUT2D eigenvalue weighted by molar-refractivity contribution is 0.197. The zero-order chi connectivity index (χ0) is 13.6. The molecule has 0 aliphatic carbocycles. The number of hydrogen-bond donors (Lipinski definition) is 2. The van der Waals surface area contributed by atoms with Crippen molar-refractivity contribution in [2.24, 2.45) is 5.73 Å². The first-order valence-electron chi connectivity index (χ1n) is 6.62. The van der Waals surface area contributed by atoms with Crippen LogP contribution in [0.1, 0.15) is 31.7 Å². The smallest absolute Gasteiger partial charge is 0.0608 e. The fourth-order valence-electron chi connectivity index (χ4n) is 1.89. The molecule has 0 aliphatic rings. The molecule has 0 amide bonds. The van der Waals surface area contributed by atoms with Crippen molar-refractivity contribution in [3.8, 4) is 0 Å². The monoisotopic (exact) mass is 250 g/mol. The van der Waals surface area contributed by atoms with Gasteiger partial charge in [0.2, 0.25) is 0 Å². The summed E-state index contributed by atoms with van der Waals surface area (Å²) in [6.07, 6.45) is 3.01. The second kappa shape index (κ2) is 6.76. The number of anilines is 1. The molecule has 18 heavy (non-hydrogen) atoms. The largest absolute Gasteiger partial charge is 0.394 e. The maximum atomic E-state index is 9.07. The van der Waals surface area contributed by atoms with Crippen molar-refractivity contribution >= 4 is 5.69 Å². The molecule has 1 rings (SSSR count). The van der Waals surface area contributed by atoms with Gasteiger partial charge in [-0.15, -0.1) is 0 Å². The molecule has 0 fully saturated rings. The highest BCUT2D eigenvalue weighted by Gasteiger charge is 2.15. The highest BCUT2D eigenvalue weighted by molar-refractivity contribution is 5.46. The van der Waals surface area contributed by atoms with Crippen molar-refractivity contribution in [1.29, 1.82) is 0 Å². The highest BCUT2D eigenvalue weighted by atomic mass is 16.3. The summed E-state index contributed by atoms with van der Waals surface area (Å²) in [6.45, 7) is 5.07. The Morgan fingerprint density at radius 3 is 2.39 bits per heavy atom. The molecule has 3 N–H and O–H groups in total. The molecule has 0 spiro atoms. The number of aryl methyl sites for hydroxylation is 1. The van der Waals surface area contributed by atoms with Crippen molar-refractivity contribution < 1.29 is 5.11 Å².